The minimum absolute atomic E-state index is 0.0905. The Morgan fingerprint density at radius 3 is 2.62 bits per heavy atom. The summed E-state index contributed by atoms with van der Waals surface area (Å²) in [6.07, 6.45) is 9.65. The molecule has 0 saturated heterocycles. The number of hydrogen-bond donors (Lipinski definition) is 4. The van der Waals surface area contributed by atoms with Gasteiger partial charge in [-0.25, -0.2) is 0 Å². The van der Waals surface area contributed by atoms with Gasteiger partial charge in [-0.3, -0.25) is 0 Å². The van der Waals surface area contributed by atoms with Gasteiger partial charge >= 0.3 is 0 Å². The zero-order valence-electron chi connectivity index (χ0n) is 20.4. The topological polar surface area (TPSA) is 80.9 Å². The Morgan fingerprint density at radius 1 is 1.22 bits per heavy atom. The minimum atomic E-state index is -0.660. The molecule has 3 rings (SSSR count). The van der Waals surface area contributed by atoms with Crippen molar-refractivity contribution in [3.8, 4) is 0 Å². The summed E-state index contributed by atoms with van der Waals surface area (Å²) in [5.41, 5.74) is 2.55. The maximum absolute atomic E-state index is 11.1. The smallest absolute Gasteiger partial charge is 0.0811 e. The summed E-state index contributed by atoms with van der Waals surface area (Å²) in [7, 11) is 0. The van der Waals surface area contributed by atoms with E-state index in [9.17, 15) is 20.4 Å². The highest BCUT2D eigenvalue weighted by molar-refractivity contribution is 7.99. The lowest BCUT2D eigenvalue weighted by Gasteiger charge is -2.44. The summed E-state index contributed by atoms with van der Waals surface area (Å²) in [5, 5.41) is 41.6. The number of rotatable bonds is 7. The van der Waals surface area contributed by atoms with Gasteiger partial charge in [-0.05, 0) is 87.0 Å². The van der Waals surface area contributed by atoms with Gasteiger partial charge in [-0.2, -0.15) is 11.8 Å². The molecule has 3 fully saturated rings. The van der Waals surface area contributed by atoms with Crippen LogP contribution in [0.1, 0.15) is 79.1 Å². The predicted molar refractivity (Wildman–Crippen MR) is 134 cm³/mol. The molecule has 0 aliphatic heterocycles. The van der Waals surface area contributed by atoms with Crippen LogP contribution in [0.2, 0.25) is 0 Å². The Kier molecular flexibility index (Phi) is 8.42. The molecule has 0 radical (unpaired) electrons. The molecular formula is C27H44O4S. The number of allylic oxidation sites excluding steroid dienone is 3. The van der Waals surface area contributed by atoms with Gasteiger partial charge in [0.2, 0.25) is 0 Å². The molecule has 0 aromatic rings. The third-order valence-corrected chi connectivity index (χ3v) is 9.50. The fourth-order valence-corrected chi connectivity index (χ4v) is 7.87. The van der Waals surface area contributed by atoms with Gasteiger partial charge in [0.25, 0.3) is 0 Å². The van der Waals surface area contributed by atoms with Gasteiger partial charge in [0.1, 0.15) is 0 Å². The number of aliphatic hydroxyl groups excluding tert-OH is 3. The molecule has 182 valence electrons. The van der Waals surface area contributed by atoms with Crippen LogP contribution in [-0.2, 0) is 0 Å². The van der Waals surface area contributed by atoms with Crippen molar-refractivity contribution >= 4 is 11.8 Å². The van der Waals surface area contributed by atoms with Gasteiger partial charge in [-0.1, -0.05) is 38.2 Å². The molecule has 3 aliphatic carbocycles. The first-order valence-electron chi connectivity index (χ1n) is 12.4. The van der Waals surface area contributed by atoms with Crippen molar-refractivity contribution in [3.63, 3.8) is 0 Å². The number of thioether (sulfide) groups is 1. The van der Waals surface area contributed by atoms with Crippen LogP contribution < -0.4 is 0 Å². The largest absolute Gasteiger partial charge is 0.393 e. The SMILES string of the molecule is C=C1C(=CC=C2CCC[C@]3(C)[C@@H]([C@@H](C)SCCCC(C)(C)O)[C@@H](O)C[C@@H]23)C[C@@H](O)C[C@@H]1O. The van der Waals surface area contributed by atoms with Gasteiger partial charge in [0.15, 0.2) is 0 Å². The van der Waals surface area contributed by atoms with Crippen molar-refractivity contribution < 1.29 is 20.4 Å². The molecule has 0 heterocycles. The van der Waals surface area contributed by atoms with Gasteiger partial charge in [-0.15, -0.1) is 0 Å². The second-order valence-corrected chi connectivity index (χ2v) is 12.8. The molecule has 5 heteroatoms. The van der Waals surface area contributed by atoms with E-state index in [1.807, 2.05) is 25.6 Å². The van der Waals surface area contributed by atoms with Crippen molar-refractivity contribution in [1.29, 1.82) is 0 Å². The van der Waals surface area contributed by atoms with E-state index in [1.165, 1.54) is 5.57 Å². The molecule has 4 N–H and O–H groups in total. The predicted octanol–water partition coefficient (Wildman–Crippen LogP) is 4.77. The molecule has 0 bridgehead atoms. The zero-order valence-corrected chi connectivity index (χ0v) is 21.2. The van der Waals surface area contributed by atoms with E-state index in [0.717, 1.165) is 55.4 Å². The highest BCUT2D eigenvalue weighted by atomic mass is 32.2. The molecular weight excluding hydrogens is 420 g/mol. The first-order chi connectivity index (χ1) is 14.9. The van der Waals surface area contributed by atoms with Crippen LogP contribution in [0.3, 0.4) is 0 Å². The van der Waals surface area contributed by atoms with E-state index < -0.39 is 17.8 Å². The van der Waals surface area contributed by atoms with E-state index in [0.29, 0.717) is 24.0 Å². The molecule has 0 aromatic carbocycles. The van der Waals surface area contributed by atoms with Crippen LogP contribution in [0.25, 0.3) is 0 Å². The number of hydrogen-bond acceptors (Lipinski definition) is 5. The maximum atomic E-state index is 11.1. The summed E-state index contributed by atoms with van der Waals surface area (Å²) < 4.78 is 0. The fraction of sp³-hybridized carbons (Fsp3) is 0.778. The summed E-state index contributed by atoms with van der Waals surface area (Å²) >= 11 is 1.94. The van der Waals surface area contributed by atoms with Crippen molar-refractivity contribution in [2.75, 3.05) is 5.75 Å². The van der Waals surface area contributed by atoms with Gasteiger partial charge in [0.05, 0.1) is 23.9 Å². The van der Waals surface area contributed by atoms with Gasteiger partial charge in [0, 0.05) is 17.6 Å². The van der Waals surface area contributed by atoms with Crippen LogP contribution in [0.4, 0.5) is 0 Å². The first kappa shape index (κ1) is 26.0. The molecule has 32 heavy (non-hydrogen) atoms. The van der Waals surface area contributed by atoms with Crippen LogP contribution in [-0.4, -0.2) is 55.3 Å². The molecule has 0 amide bonds. The van der Waals surface area contributed by atoms with E-state index in [-0.39, 0.29) is 17.4 Å². The summed E-state index contributed by atoms with van der Waals surface area (Å²) in [6.45, 7) is 12.4. The quantitative estimate of drug-likeness (QED) is 0.408. The van der Waals surface area contributed by atoms with Crippen molar-refractivity contribution in [2.24, 2.45) is 17.3 Å². The van der Waals surface area contributed by atoms with Gasteiger partial charge < -0.3 is 20.4 Å². The molecule has 0 unspecified atom stereocenters. The summed E-state index contributed by atoms with van der Waals surface area (Å²) in [5.74, 6) is 1.65. The van der Waals surface area contributed by atoms with E-state index in [1.54, 1.807) is 0 Å². The average molecular weight is 465 g/mol. The Hall–Kier alpha value is -0.590. The lowest BCUT2D eigenvalue weighted by Crippen LogP contribution is -2.39. The Bertz CT molecular complexity index is 736. The second kappa shape index (κ2) is 10.4. The third-order valence-electron chi connectivity index (χ3n) is 8.16. The highest BCUT2D eigenvalue weighted by Gasteiger charge is 2.55. The zero-order chi connectivity index (χ0) is 23.7. The molecule has 3 aliphatic rings. The Labute approximate surface area is 198 Å². The molecule has 7 atom stereocenters. The van der Waals surface area contributed by atoms with Crippen LogP contribution in [0.15, 0.2) is 35.5 Å². The van der Waals surface area contributed by atoms with Crippen molar-refractivity contribution in [3.05, 3.63) is 35.5 Å². The lowest BCUT2D eigenvalue weighted by molar-refractivity contribution is 0.0678. The van der Waals surface area contributed by atoms with E-state index in [4.69, 9.17) is 0 Å². The normalized spacial score (nSPS) is 39.5. The van der Waals surface area contributed by atoms with Crippen LogP contribution in [0.5, 0.6) is 0 Å². The standard InChI is InChI=1S/C27H44O4S/c1-17-20(14-21(28)15-23(17)29)10-9-19-8-6-12-27(5)22(19)16-24(30)25(27)18(2)32-13-7-11-26(3,4)31/h9-10,18,21-25,28-31H,1,6-8,11-16H2,2-5H3/t18-,21-,22+,23+,24+,25+,27+/m1/s1. The molecule has 0 aromatic heterocycles. The monoisotopic (exact) mass is 464 g/mol. The van der Waals surface area contributed by atoms with E-state index >= 15 is 0 Å². The average Bonchev–Trinajstić information content (AvgIpc) is 2.96. The number of fused-ring (bicyclic) bond motifs is 1. The Morgan fingerprint density at radius 2 is 1.94 bits per heavy atom. The van der Waals surface area contributed by atoms with Crippen LogP contribution >= 0.6 is 11.8 Å². The maximum Gasteiger partial charge on any atom is 0.0811 e. The van der Waals surface area contributed by atoms with Crippen molar-refractivity contribution in [1.82, 2.24) is 0 Å². The molecule has 4 nitrogen and oxygen atoms in total. The third kappa shape index (κ3) is 5.90. The first-order valence-corrected chi connectivity index (χ1v) is 13.4. The number of aliphatic hydroxyl groups is 4. The fourth-order valence-electron chi connectivity index (χ4n) is 6.48. The second-order valence-electron chi connectivity index (χ2n) is 11.3. The van der Waals surface area contributed by atoms with Crippen molar-refractivity contribution in [2.45, 2.75) is 108 Å². The minimum Gasteiger partial charge on any atom is -0.393 e. The van der Waals surface area contributed by atoms with E-state index in [2.05, 4.69) is 32.6 Å². The summed E-state index contributed by atoms with van der Waals surface area (Å²) in [4.78, 5) is 0. The highest BCUT2D eigenvalue weighted by Crippen LogP contribution is 2.59. The summed E-state index contributed by atoms with van der Waals surface area (Å²) in [6, 6.07) is 0. The molecule has 3 saturated carbocycles. The Balaban J connectivity index is 1.71. The van der Waals surface area contributed by atoms with Crippen LogP contribution in [0, 0.1) is 17.3 Å². The molecule has 0 spiro atoms. The lowest BCUT2D eigenvalue weighted by atomic mass is 9.63.